The molecule has 0 spiro atoms. The van der Waals surface area contributed by atoms with E-state index in [4.69, 9.17) is 5.26 Å². The van der Waals surface area contributed by atoms with Crippen LogP contribution in [-0.4, -0.2) is 9.97 Å². The van der Waals surface area contributed by atoms with Gasteiger partial charge < -0.3 is 0 Å². The van der Waals surface area contributed by atoms with Gasteiger partial charge in [0.1, 0.15) is 0 Å². The van der Waals surface area contributed by atoms with Crippen molar-refractivity contribution in [2.24, 2.45) is 11.8 Å². The molecule has 1 aromatic heterocycles. The van der Waals surface area contributed by atoms with Gasteiger partial charge in [-0.25, -0.2) is 0 Å². The van der Waals surface area contributed by atoms with Gasteiger partial charge in [-0.1, -0.05) is 70.4 Å². The van der Waals surface area contributed by atoms with Crippen LogP contribution in [0.2, 0.25) is 0 Å². The second kappa shape index (κ2) is 10.2. The highest BCUT2D eigenvalue weighted by atomic mass is 14.8. The third-order valence-corrected chi connectivity index (χ3v) is 6.01. The Balaban J connectivity index is 1.43. The molecular formula is C24H31N3. The number of aryl methyl sites for hydroxylation is 1. The fraction of sp³-hybridized carbons (Fsp3) is 0.542. The Bertz CT molecular complexity index is 720. The molecule has 1 saturated carbocycles. The zero-order chi connectivity index (χ0) is 18.9. The van der Waals surface area contributed by atoms with Crippen LogP contribution in [0.4, 0.5) is 0 Å². The maximum Gasteiger partial charge on any atom is 0.0991 e. The molecule has 1 aromatic carbocycles. The largest absolute Gasteiger partial charge is 0.257 e. The van der Waals surface area contributed by atoms with Crippen LogP contribution in [0.5, 0.6) is 0 Å². The Hall–Kier alpha value is -2.21. The molecule has 27 heavy (non-hydrogen) atoms. The molecule has 0 aliphatic heterocycles. The zero-order valence-electron chi connectivity index (χ0n) is 16.5. The monoisotopic (exact) mass is 361 g/mol. The fourth-order valence-corrected chi connectivity index (χ4v) is 4.19. The number of benzene rings is 1. The lowest BCUT2D eigenvalue weighted by Gasteiger charge is -2.28. The van der Waals surface area contributed by atoms with Crippen LogP contribution in [0.25, 0.3) is 11.3 Å². The Morgan fingerprint density at radius 3 is 2.22 bits per heavy atom. The molecule has 0 amide bonds. The van der Waals surface area contributed by atoms with E-state index in [1.54, 1.807) is 0 Å². The van der Waals surface area contributed by atoms with E-state index in [9.17, 15) is 0 Å². The lowest BCUT2D eigenvalue weighted by molar-refractivity contribution is 0.249. The van der Waals surface area contributed by atoms with Crippen LogP contribution in [0.1, 0.15) is 76.0 Å². The summed E-state index contributed by atoms with van der Waals surface area (Å²) in [7, 11) is 0. The van der Waals surface area contributed by atoms with E-state index >= 15 is 0 Å². The minimum atomic E-state index is 0.670. The summed E-state index contributed by atoms with van der Waals surface area (Å²) < 4.78 is 0. The number of nitriles is 1. The third-order valence-electron chi connectivity index (χ3n) is 6.01. The number of hydrogen-bond donors (Lipinski definition) is 0. The first-order valence-electron chi connectivity index (χ1n) is 10.6. The minimum absolute atomic E-state index is 0.670. The van der Waals surface area contributed by atoms with Gasteiger partial charge in [0.2, 0.25) is 0 Å². The Morgan fingerprint density at radius 1 is 0.926 bits per heavy atom. The summed E-state index contributed by atoms with van der Waals surface area (Å²) in [5.74, 6) is 1.85. The summed E-state index contributed by atoms with van der Waals surface area (Å²) in [5, 5.41) is 8.89. The van der Waals surface area contributed by atoms with Gasteiger partial charge in [-0.15, -0.1) is 0 Å². The molecule has 142 valence electrons. The lowest BCUT2D eigenvalue weighted by atomic mass is 9.78. The van der Waals surface area contributed by atoms with Crippen LogP contribution in [0.15, 0.2) is 36.7 Å². The van der Waals surface area contributed by atoms with E-state index in [1.807, 2.05) is 36.7 Å². The summed E-state index contributed by atoms with van der Waals surface area (Å²) in [4.78, 5) is 9.20. The summed E-state index contributed by atoms with van der Waals surface area (Å²) in [6.45, 7) is 2.29. The first kappa shape index (κ1) is 19.5. The maximum atomic E-state index is 8.89. The molecule has 0 atom stereocenters. The predicted molar refractivity (Wildman–Crippen MR) is 110 cm³/mol. The molecule has 0 N–H and O–H groups in total. The van der Waals surface area contributed by atoms with Crippen molar-refractivity contribution in [1.29, 1.82) is 5.26 Å². The van der Waals surface area contributed by atoms with Gasteiger partial charge in [0.25, 0.3) is 0 Å². The molecule has 1 aliphatic carbocycles. The van der Waals surface area contributed by atoms with E-state index in [-0.39, 0.29) is 0 Å². The van der Waals surface area contributed by atoms with Crippen molar-refractivity contribution in [2.75, 3.05) is 0 Å². The topological polar surface area (TPSA) is 49.6 Å². The normalized spacial score (nSPS) is 19.6. The standard InChI is InChI=1S/C24H31N3/c1-2-3-4-5-19-6-8-20(9-7-19)12-15-23-17-27-24(18-26-23)22-13-10-21(16-25)11-14-22/h10-11,13-14,17-20H,2-9,12,15H2,1H3. The van der Waals surface area contributed by atoms with Crippen molar-refractivity contribution in [1.82, 2.24) is 9.97 Å². The van der Waals surface area contributed by atoms with Crippen molar-refractivity contribution < 1.29 is 0 Å². The van der Waals surface area contributed by atoms with Crippen molar-refractivity contribution in [2.45, 2.75) is 71.1 Å². The number of nitrogens with zero attached hydrogens (tertiary/aromatic N) is 3. The fourth-order valence-electron chi connectivity index (χ4n) is 4.19. The molecular weight excluding hydrogens is 330 g/mol. The second-order valence-corrected chi connectivity index (χ2v) is 8.00. The molecule has 0 saturated heterocycles. The predicted octanol–water partition coefficient (Wildman–Crippen LogP) is 6.33. The summed E-state index contributed by atoms with van der Waals surface area (Å²) in [6.07, 6.45) is 17.3. The van der Waals surface area contributed by atoms with Gasteiger partial charge in [-0.3, -0.25) is 9.97 Å². The van der Waals surface area contributed by atoms with E-state index in [1.165, 1.54) is 57.8 Å². The Morgan fingerprint density at radius 2 is 1.63 bits per heavy atom. The molecule has 1 heterocycles. The van der Waals surface area contributed by atoms with Crippen LogP contribution >= 0.6 is 0 Å². The molecule has 0 radical (unpaired) electrons. The zero-order valence-corrected chi connectivity index (χ0v) is 16.5. The van der Waals surface area contributed by atoms with Crippen LogP contribution < -0.4 is 0 Å². The van der Waals surface area contributed by atoms with Gasteiger partial charge in [0.05, 0.1) is 29.2 Å². The lowest BCUT2D eigenvalue weighted by Crippen LogP contribution is -2.15. The van der Waals surface area contributed by atoms with Crippen molar-refractivity contribution in [3.63, 3.8) is 0 Å². The van der Waals surface area contributed by atoms with Crippen molar-refractivity contribution in [3.05, 3.63) is 47.9 Å². The molecule has 3 nitrogen and oxygen atoms in total. The third kappa shape index (κ3) is 5.89. The quantitative estimate of drug-likeness (QED) is 0.516. The Labute approximate surface area is 163 Å². The van der Waals surface area contributed by atoms with E-state index in [0.29, 0.717) is 5.56 Å². The first-order valence-corrected chi connectivity index (χ1v) is 10.6. The number of unbranched alkanes of at least 4 members (excludes halogenated alkanes) is 2. The van der Waals surface area contributed by atoms with Gasteiger partial charge in [0, 0.05) is 11.8 Å². The summed E-state index contributed by atoms with van der Waals surface area (Å²) in [5.41, 5.74) is 3.64. The molecule has 0 unspecified atom stereocenters. The SMILES string of the molecule is CCCCCC1CCC(CCc2cnc(-c3ccc(C#N)cc3)cn2)CC1. The smallest absolute Gasteiger partial charge is 0.0991 e. The number of rotatable bonds is 8. The minimum Gasteiger partial charge on any atom is -0.257 e. The van der Waals surface area contributed by atoms with Gasteiger partial charge in [-0.2, -0.15) is 5.26 Å². The van der Waals surface area contributed by atoms with Crippen molar-refractivity contribution >= 4 is 0 Å². The van der Waals surface area contributed by atoms with Crippen LogP contribution in [0, 0.1) is 23.2 Å². The molecule has 1 fully saturated rings. The number of hydrogen-bond acceptors (Lipinski definition) is 3. The van der Waals surface area contributed by atoms with Crippen LogP contribution in [0.3, 0.4) is 0 Å². The maximum absolute atomic E-state index is 8.89. The van der Waals surface area contributed by atoms with E-state index in [0.717, 1.165) is 35.2 Å². The van der Waals surface area contributed by atoms with Crippen LogP contribution in [-0.2, 0) is 6.42 Å². The Kier molecular flexibility index (Phi) is 7.39. The molecule has 3 heteroatoms. The van der Waals surface area contributed by atoms with Crippen molar-refractivity contribution in [3.8, 4) is 17.3 Å². The highest BCUT2D eigenvalue weighted by Gasteiger charge is 2.20. The van der Waals surface area contributed by atoms with Gasteiger partial charge in [0.15, 0.2) is 0 Å². The second-order valence-electron chi connectivity index (χ2n) is 8.00. The highest BCUT2D eigenvalue weighted by Crippen LogP contribution is 2.34. The number of aromatic nitrogens is 2. The highest BCUT2D eigenvalue weighted by molar-refractivity contribution is 5.59. The first-order chi connectivity index (χ1) is 13.3. The summed E-state index contributed by atoms with van der Waals surface area (Å²) in [6, 6.07) is 9.65. The molecule has 1 aliphatic rings. The van der Waals surface area contributed by atoms with Gasteiger partial charge in [-0.05, 0) is 36.8 Å². The average molecular weight is 362 g/mol. The molecule has 3 rings (SSSR count). The van der Waals surface area contributed by atoms with E-state index < -0.39 is 0 Å². The average Bonchev–Trinajstić information content (AvgIpc) is 2.74. The molecule has 2 aromatic rings. The summed E-state index contributed by atoms with van der Waals surface area (Å²) >= 11 is 0. The molecule has 0 bridgehead atoms. The van der Waals surface area contributed by atoms with Gasteiger partial charge >= 0.3 is 0 Å². The van der Waals surface area contributed by atoms with E-state index in [2.05, 4.69) is 23.0 Å².